The van der Waals surface area contributed by atoms with Crippen molar-refractivity contribution in [1.29, 1.82) is 0 Å². The fourth-order valence-electron chi connectivity index (χ4n) is 1.74. The van der Waals surface area contributed by atoms with Crippen molar-refractivity contribution in [2.45, 2.75) is 0 Å². The molecule has 0 unspecified atom stereocenters. The summed E-state index contributed by atoms with van der Waals surface area (Å²) in [5.74, 6) is -0.195. The first-order chi connectivity index (χ1) is 10.1. The highest BCUT2D eigenvalue weighted by atomic mass is 35.5. The van der Waals surface area contributed by atoms with E-state index < -0.39 is 0 Å². The number of nitrogens with one attached hydrogen (secondary N) is 2. The van der Waals surface area contributed by atoms with Crippen LogP contribution in [0.5, 0.6) is 6.01 Å². The number of carbonyl (C=O) groups is 1. The zero-order valence-corrected chi connectivity index (χ0v) is 12.9. The van der Waals surface area contributed by atoms with Crippen LogP contribution in [0, 0.1) is 0 Å². The third kappa shape index (κ3) is 2.67. The van der Waals surface area contributed by atoms with Gasteiger partial charge in [-0.15, -0.1) is 16.4 Å². The molecule has 0 saturated heterocycles. The van der Waals surface area contributed by atoms with Gasteiger partial charge in [-0.2, -0.15) is 4.98 Å². The van der Waals surface area contributed by atoms with Gasteiger partial charge in [-0.3, -0.25) is 10.1 Å². The molecule has 1 amide bonds. The van der Waals surface area contributed by atoms with Gasteiger partial charge < -0.3 is 4.74 Å². The van der Waals surface area contributed by atoms with E-state index in [2.05, 4.69) is 20.5 Å². The van der Waals surface area contributed by atoms with Crippen molar-refractivity contribution in [3.8, 4) is 6.01 Å². The lowest BCUT2D eigenvalue weighted by molar-refractivity contribution is 0.103. The van der Waals surface area contributed by atoms with Gasteiger partial charge in [-0.25, -0.2) is 5.10 Å². The molecule has 6 nitrogen and oxygen atoms in total. The van der Waals surface area contributed by atoms with Gasteiger partial charge in [0.2, 0.25) is 5.95 Å². The number of hydrogen-bond donors (Lipinski definition) is 2. The van der Waals surface area contributed by atoms with Crippen molar-refractivity contribution >= 4 is 56.5 Å². The molecule has 0 atom stereocenters. The van der Waals surface area contributed by atoms with Gasteiger partial charge in [-0.1, -0.05) is 29.3 Å². The highest BCUT2D eigenvalue weighted by Crippen LogP contribution is 2.36. The van der Waals surface area contributed by atoms with Crippen LogP contribution < -0.4 is 10.1 Å². The van der Waals surface area contributed by atoms with Crippen molar-refractivity contribution < 1.29 is 9.53 Å². The van der Waals surface area contributed by atoms with Gasteiger partial charge in [0.05, 0.1) is 12.1 Å². The number of thiophene rings is 1. The number of fused-ring (bicyclic) bond motifs is 1. The fraction of sp³-hybridized carbons (Fsp3) is 0.0833. The fourth-order valence-corrected chi connectivity index (χ4v) is 3.43. The Balaban J connectivity index is 1.92. The lowest BCUT2D eigenvalue weighted by Crippen LogP contribution is -2.11. The molecule has 3 aromatic rings. The summed E-state index contributed by atoms with van der Waals surface area (Å²) in [4.78, 5) is 16.5. The van der Waals surface area contributed by atoms with Crippen LogP contribution in [0.4, 0.5) is 5.95 Å². The van der Waals surface area contributed by atoms with E-state index in [0.29, 0.717) is 14.9 Å². The molecule has 2 heterocycles. The number of aromatic nitrogens is 3. The lowest BCUT2D eigenvalue weighted by Gasteiger charge is -1.98. The van der Waals surface area contributed by atoms with Gasteiger partial charge in [0.1, 0.15) is 4.88 Å². The molecule has 9 heteroatoms. The number of H-pyrrole nitrogens is 1. The van der Waals surface area contributed by atoms with E-state index in [1.165, 1.54) is 18.4 Å². The second kappa shape index (κ2) is 5.51. The molecule has 2 N–H and O–H groups in total. The highest BCUT2D eigenvalue weighted by molar-refractivity contribution is 7.21. The summed E-state index contributed by atoms with van der Waals surface area (Å²) in [7, 11) is 1.43. The third-order valence-electron chi connectivity index (χ3n) is 2.68. The number of aromatic amines is 1. The molecular formula is C12H8Cl2N4O2S. The zero-order valence-electron chi connectivity index (χ0n) is 10.6. The Morgan fingerprint density at radius 2 is 2.24 bits per heavy atom. The molecule has 0 aliphatic heterocycles. The predicted octanol–water partition coefficient (Wildman–Crippen LogP) is 3.59. The number of hydrogen-bond acceptors (Lipinski definition) is 5. The number of amides is 1. The number of nitrogens with zero attached hydrogens (tertiary/aromatic N) is 2. The summed E-state index contributed by atoms with van der Waals surface area (Å²) < 4.78 is 5.66. The smallest absolute Gasteiger partial charge is 0.336 e. The molecule has 0 radical (unpaired) electrons. The van der Waals surface area contributed by atoms with Crippen LogP contribution in [-0.2, 0) is 0 Å². The monoisotopic (exact) mass is 342 g/mol. The summed E-state index contributed by atoms with van der Waals surface area (Å²) >= 11 is 13.4. The standard InChI is InChI=1S/C12H8Cl2N4O2S/c1-20-12-16-11(17-18-12)15-10(19)9-8(14)6-3-2-5(13)4-7(6)21-9/h2-4H,1H3,(H2,15,16,17,18,19). The van der Waals surface area contributed by atoms with Gasteiger partial charge in [0.15, 0.2) is 0 Å². The Morgan fingerprint density at radius 1 is 1.43 bits per heavy atom. The first-order valence-electron chi connectivity index (χ1n) is 5.74. The Hall–Kier alpha value is -1.83. The SMILES string of the molecule is COc1n[nH]c(NC(=O)c2sc3cc(Cl)ccc3c2Cl)n1. The molecule has 0 bridgehead atoms. The maximum atomic E-state index is 12.2. The minimum absolute atomic E-state index is 0.138. The van der Waals surface area contributed by atoms with Crippen molar-refractivity contribution in [1.82, 2.24) is 15.2 Å². The molecule has 0 spiro atoms. The van der Waals surface area contributed by atoms with E-state index in [0.717, 1.165) is 10.1 Å². The summed E-state index contributed by atoms with van der Waals surface area (Å²) in [6, 6.07) is 5.41. The number of methoxy groups -OCH3 is 1. The molecular weight excluding hydrogens is 335 g/mol. The van der Waals surface area contributed by atoms with Crippen molar-refractivity contribution in [3.05, 3.63) is 33.1 Å². The minimum atomic E-state index is -0.379. The zero-order chi connectivity index (χ0) is 15.0. The third-order valence-corrected chi connectivity index (χ3v) is 4.57. The summed E-state index contributed by atoms with van der Waals surface area (Å²) in [6.07, 6.45) is 0. The van der Waals surface area contributed by atoms with Crippen LogP contribution in [0.1, 0.15) is 9.67 Å². The number of anilines is 1. The average Bonchev–Trinajstić information content (AvgIpc) is 3.03. The molecule has 0 aliphatic carbocycles. The molecule has 0 aliphatic rings. The molecule has 3 rings (SSSR count). The van der Waals surface area contributed by atoms with Gasteiger partial charge in [-0.05, 0) is 12.1 Å². The normalized spacial score (nSPS) is 10.8. The molecule has 108 valence electrons. The quantitative estimate of drug-likeness (QED) is 0.762. The molecule has 21 heavy (non-hydrogen) atoms. The van der Waals surface area contributed by atoms with E-state index in [4.69, 9.17) is 27.9 Å². The summed E-state index contributed by atoms with van der Waals surface area (Å²) in [6.45, 7) is 0. The molecule has 0 saturated carbocycles. The van der Waals surface area contributed by atoms with Crippen LogP contribution in [0.2, 0.25) is 10.0 Å². The number of halogens is 2. The van der Waals surface area contributed by atoms with Crippen molar-refractivity contribution in [3.63, 3.8) is 0 Å². The number of rotatable bonds is 3. The Labute approximate surface area is 133 Å². The van der Waals surface area contributed by atoms with E-state index in [1.54, 1.807) is 18.2 Å². The maximum Gasteiger partial charge on any atom is 0.336 e. The van der Waals surface area contributed by atoms with Crippen LogP contribution in [0.25, 0.3) is 10.1 Å². The average molecular weight is 343 g/mol. The molecule has 1 aromatic carbocycles. The summed E-state index contributed by atoms with van der Waals surface area (Å²) in [5, 5.41) is 10.6. The van der Waals surface area contributed by atoms with E-state index >= 15 is 0 Å². The van der Waals surface area contributed by atoms with E-state index in [-0.39, 0.29) is 17.9 Å². The first-order valence-corrected chi connectivity index (χ1v) is 7.31. The highest BCUT2D eigenvalue weighted by Gasteiger charge is 2.18. The van der Waals surface area contributed by atoms with Gasteiger partial charge in [0.25, 0.3) is 5.91 Å². The van der Waals surface area contributed by atoms with Crippen molar-refractivity contribution in [2.24, 2.45) is 0 Å². The van der Waals surface area contributed by atoms with Crippen LogP contribution in [0.15, 0.2) is 18.2 Å². The second-order valence-electron chi connectivity index (χ2n) is 4.01. The number of carbonyl (C=O) groups excluding carboxylic acids is 1. The van der Waals surface area contributed by atoms with E-state index in [9.17, 15) is 4.79 Å². The summed E-state index contributed by atoms with van der Waals surface area (Å²) in [5.41, 5.74) is 0. The topological polar surface area (TPSA) is 79.9 Å². The van der Waals surface area contributed by atoms with Crippen LogP contribution >= 0.6 is 34.5 Å². The minimum Gasteiger partial charge on any atom is -0.466 e. The largest absolute Gasteiger partial charge is 0.466 e. The molecule has 2 aromatic heterocycles. The lowest BCUT2D eigenvalue weighted by atomic mass is 10.2. The van der Waals surface area contributed by atoms with E-state index in [1.807, 2.05) is 0 Å². The van der Waals surface area contributed by atoms with Gasteiger partial charge >= 0.3 is 6.01 Å². The van der Waals surface area contributed by atoms with Crippen LogP contribution in [-0.4, -0.2) is 28.2 Å². The Bertz CT molecular complexity index is 830. The maximum absolute atomic E-state index is 12.2. The Morgan fingerprint density at radius 3 is 2.95 bits per heavy atom. The number of ether oxygens (including phenoxy) is 1. The second-order valence-corrected chi connectivity index (χ2v) is 5.88. The Kier molecular flexibility index (Phi) is 3.71. The first kappa shape index (κ1) is 14.1. The predicted molar refractivity (Wildman–Crippen MR) is 82.7 cm³/mol. The number of benzene rings is 1. The van der Waals surface area contributed by atoms with Crippen LogP contribution in [0.3, 0.4) is 0 Å². The van der Waals surface area contributed by atoms with Crippen molar-refractivity contribution in [2.75, 3.05) is 12.4 Å². The van der Waals surface area contributed by atoms with Gasteiger partial charge in [0, 0.05) is 15.1 Å². The molecule has 0 fully saturated rings.